The van der Waals surface area contributed by atoms with Crippen molar-refractivity contribution < 1.29 is 19.1 Å². The fourth-order valence-corrected chi connectivity index (χ4v) is 3.02. The number of nitrogens with zero attached hydrogens (tertiary/aromatic N) is 1. The van der Waals surface area contributed by atoms with Crippen LogP contribution in [-0.4, -0.2) is 35.6 Å². The first-order valence-electron chi connectivity index (χ1n) is 7.59. The molecule has 2 fully saturated rings. The lowest BCUT2D eigenvalue weighted by Gasteiger charge is -2.23. The van der Waals surface area contributed by atoms with E-state index in [1.165, 1.54) is 0 Å². The third-order valence-electron chi connectivity index (χ3n) is 4.39. The summed E-state index contributed by atoms with van der Waals surface area (Å²) < 4.78 is 5.42. The van der Waals surface area contributed by atoms with Gasteiger partial charge in [0, 0.05) is 0 Å². The molecule has 1 aliphatic carbocycles. The number of carbonyl (C=O) groups excluding carboxylic acids is 3. The van der Waals surface area contributed by atoms with E-state index >= 15 is 0 Å². The molecule has 1 saturated carbocycles. The van der Waals surface area contributed by atoms with Gasteiger partial charge in [0.1, 0.15) is 0 Å². The Hall–Kier alpha value is -2.29. The summed E-state index contributed by atoms with van der Waals surface area (Å²) in [6.07, 6.45) is 6.26. The summed E-state index contributed by atoms with van der Waals surface area (Å²) in [6.45, 7) is 7.84. The summed E-state index contributed by atoms with van der Waals surface area (Å²) in [5, 5.41) is 2.40. The van der Waals surface area contributed by atoms with Gasteiger partial charge in [0.2, 0.25) is 0 Å². The summed E-state index contributed by atoms with van der Waals surface area (Å²) in [5.41, 5.74) is 0.930. The van der Waals surface area contributed by atoms with E-state index in [4.69, 9.17) is 11.2 Å². The lowest BCUT2D eigenvalue weighted by Crippen LogP contribution is -2.43. The molecule has 0 aromatic carbocycles. The van der Waals surface area contributed by atoms with E-state index in [2.05, 4.69) is 17.3 Å². The molecular weight excluding hydrogens is 296 g/mol. The zero-order valence-corrected chi connectivity index (χ0v) is 13.9. The van der Waals surface area contributed by atoms with Gasteiger partial charge in [0.05, 0.1) is 18.9 Å². The predicted octanol–water partition coefficient (Wildman–Crippen LogP) is 1.67. The van der Waals surface area contributed by atoms with E-state index < -0.39 is 24.1 Å². The summed E-state index contributed by atoms with van der Waals surface area (Å²) in [5.74, 6) is 1.28. The Morgan fingerprint density at radius 2 is 2.17 bits per heavy atom. The van der Waals surface area contributed by atoms with E-state index in [-0.39, 0.29) is 30.2 Å². The van der Waals surface area contributed by atoms with E-state index in [0.717, 1.165) is 10.5 Å². The molecule has 3 atom stereocenters. The van der Waals surface area contributed by atoms with Gasteiger partial charge in [-0.15, -0.1) is 12.3 Å². The molecule has 1 aliphatic heterocycles. The topological polar surface area (TPSA) is 75.7 Å². The van der Waals surface area contributed by atoms with Gasteiger partial charge >= 0.3 is 12.0 Å². The standard InChI is InChI=1S/C17H22N2O4/c1-6-7-13(19-12(20)9-18-16(19)22)23-15(21)14-11(8-10(2)3)17(14,4)5/h1,8,11,13-14H,7,9H2,2-5H3,(H,18,22). The first-order valence-corrected chi connectivity index (χ1v) is 7.59. The van der Waals surface area contributed by atoms with Crippen LogP contribution in [0.3, 0.4) is 0 Å². The van der Waals surface area contributed by atoms with Crippen LogP contribution in [0.15, 0.2) is 11.6 Å². The minimum atomic E-state index is -1.05. The molecule has 2 aliphatic rings. The first-order chi connectivity index (χ1) is 10.7. The second-order valence-electron chi connectivity index (χ2n) is 6.79. The van der Waals surface area contributed by atoms with Crippen molar-refractivity contribution in [3.05, 3.63) is 11.6 Å². The Morgan fingerprint density at radius 3 is 2.65 bits per heavy atom. The highest BCUT2D eigenvalue weighted by atomic mass is 16.6. The van der Waals surface area contributed by atoms with Crippen molar-refractivity contribution in [2.45, 2.75) is 40.3 Å². The van der Waals surface area contributed by atoms with Crippen LogP contribution in [0.4, 0.5) is 4.79 Å². The molecular formula is C17H22N2O4. The fourth-order valence-electron chi connectivity index (χ4n) is 3.02. The highest BCUT2D eigenvalue weighted by Crippen LogP contribution is 2.60. The minimum absolute atomic E-state index is 0.0225. The van der Waals surface area contributed by atoms with Crippen molar-refractivity contribution in [1.29, 1.82) is 0 Å². The van der Waals surface area contributed by atoms with Crippen LogP contribution in [0, 0.1) is 29.6 Å². The fraction of sp³-hybridized carbons (Fsp3) is 0.588. The molecule has 3 amide bonds. The molecule has 1 N–H and O–H groups in total. The quantitative estimate of drug-likeness (QED) is 0.362. The Labute approximate surface area is 136 Å². The molecule has 6 heteroatoms. The lowest BCUT2D eigenvalue weighted by atomic mass is 10.1. The van der Waals surface area contributed by atoms with Gasteiger partial charge in [-0.2, -0.15) is 0 Å². The third kappa shape index (κ3) is 3.24. The summed E-state index contributed by atoms with van der Waals surface area (Å²) >= 11 is 0. The number of amides is 3. The largest absolute Gasteiger partial charge is 0.440 e. The van der Waals surface area contributed by atoms with E-state index in [1.807, 2.05) is 27.7 Å². The van der Waals surface area contributed by atoms with Crippen molar-refractivity contribution in [3.8, 4) is 12.3 Å². The van der Waals surface area contributed by atoms with Gasteiger partial charge in [0.15, 0.2) is 6.23 Å². The molecule has 2 rings (SSSR count). The molecule has 6 nitrogen and oxygen atoms in total. The van der Waals surface area contributed by atoms with Crippen LogP contribution in [0.2, 0.25) is 0 Å². The number of carbonyl (C=O) groups is 3. The molecule has 0 radical (unpaired) electrons. The van der Waals surface area contributed by atoms with Crippen LogP contribution in [0.5, 0.6) is 0 Å². The van der Waals surface area contributed by atoms with Gasteiger partial charge in [-0.3, -0.25) is 9.59 Å². The normalized spacial score (nSPS) is 26.1. The number of allylic oxidation sites excluding steroid dienone is 2. The van der Waals surface area contributed by atoms with Gasteiger partial charge in [-0.05, 0) is 25.2 Å². The SMILES string of the molecule is C#CCC(OC(=O)C1C(C=C(C)C)C1(C)C)N1C(=O)CNC1=O. The molecule has 0 bridgehead atoms. The number of nitrogens with one attached hydrogen (secondary N) is 1. The van der Waals surface area contributed by atoms with Crippen molar-refractivity contribution in [1.82, 2.24) is 10.2 Å². The minimum Gasteiger partial charge on any atom is -0.440 e. The van der Waals surface area contributed by atoms with E-state index in [0.29, 0.717) is 0 Å². The summed E-state index contributed by atoms with van der Waals surface area (Å²) in [4.78, 5) is 36.9. The van der Waals surface area contributed by atoms with Gasteiger partial charge in [-0.25, -0.2) is 9.69 Å². The molecule has 0 aromatic heterocycles. The van der Waals surface area contributed by atoms with Crippen LogP contribution in [0.1, 0.15) is 34.1 Å². The monoisotopic (exact) mass is 318 g/mol. The number of rotatable bonds is 5. The average Bonchev–Trinajstić information content (AvgIpc) is 2.78. The Kier molecular flexibility index (Phi) is 4.51. The van der Waals surface area contributed by atoms with Crippen molar-refractivity contribution in [2.75, 3.05) is 6.54 Å². The number of hydrogen-bond acceptors (Lipinski definition) is 4. The highest BCUT2D eigenvalue weighted by molar-refractivity contribution is 6.02. The van der Waals surface area contributed by atoms with Gasteiger partial charge in [0.25, 0.3) is 5.91 Å². The highest BCUT2D eigenvalue weighted by Gasteiger charge is 2.61. The van der Waals surface area contributed by atoms with Gasteiger partial charge < -0.3 is 10.1 Å². The summed E-state index contributed by atoms with van der Waals surface area (Å²) in [7, 11) is 0. The van der Waals surface area contributed by atoms with Crippen LogP contribution < -0.4 is 5.32 Å². The second-order valence-corrected chi connectivity index (χ2v) is 6.79. The Balaban J connectivity index is 2.11. The van der Waals surface area contributed by atoms with Crippen molar-refractivity contribution in [2.24, 2.45) is 17.3 Å². The first kappa shape index (κ1) is 17.1. The zero-order valence-electron chi connectivity index (χ0n) is 13.9. The summed E-state index contributed by atoms with van der Waals surface area (Å²) in [6, 6.07) is -0.584. The zero-order chi connectivity index (χ0) is 17.4. The molecule has 0 spiro atoms. The van der Waals surface area contributed by atoms with Crippen molar-refractivity contribution >= 4 is 17.9 Å². The second kappa shape index (κ2) is 6.07. The maximum Gasteiger partial charge on any atom is 0.327 e. The predicted molar refractivity (Wildman–Crippen MR) is 83.8 cm³/mol. The van der Waals surface area contributed by atoms with Crippen LogP contribution in [0.25, 0.3) is 0 Å². The maximum atomic E-state index is 12.5. The number of terminal acetylenes is 1. The molecule has 0 aromatic rings. The lowest BCUT2D eigenvalue weighted by molar-refractivity contribution is -0.161. The third-order valence-corrected chi connectivity index (χ3v) is 4.39. The Morgan fingerprint density at radius 1 is 1.52 bits per heavy atom. The molecule has 124 valence electrons. The molecule has 23 heavy (non-hydrogen) atoms. The maximum absolute atomic E-state index is 12.5. The number of urea groups is 1. The number of ether oxygens (including phenoxy) is 1. The molecule has 1 saturated heterocycles. The smallest absolute Gasteiger partial charge is 0.327 e. The van der Waals surface area contributed by atoms with Gasteiger partial charge in [-0.1, -0.05) is 25.5 Å². The molecule has 3 unspecified atom stereocenters. The Bertz CT molecular complexity index is 595. The van der Waals surface area contributed by atoms with E-state index in [9.17, 15) is 14.4 Å². The van der Waals surface area contributed by atoms with Crippen LogP contribution in [-0.2, 0) is 14.3 Å². The number of imide groups is 1. The van der Waals surface area contributed by atoms with E-state index in [1.54, 1.807) is 0 Å². The van der Waals surface area contributed by atoms with Crippen molar-refractivity contribution in [3.63, 3.8) is 0 Å². The number of esters is 1. The molecule has 1 heterocycles. The van der Waals surface area contributed by atoms with Crippen LogP contribution >= 0.6 is 0 Å². The average molecular weight is 318 g/mol. The number of hydrogen-bond donors (Lipinski definition) is 1.